The van der Waals surface area contributed by atoms with Crippen LogP contribution in [-0.4, -0.2) is 0 Å². The van der Waals surface area contributed by atoms with Gasteiger partial charge in [0.1, 0.15) is 0 Å². The fraction of sp³-hybridized carbons (Fsp3) is 0.600. The predicted molar refractivity (Wildman–Crippen MR) is 48.1 cm³/mol. The molecular weight excluding hydrogens is 120 g/mol. The molecule has 0 aromatic heterocycles. The van der Waals surface area contributed by atoms with Gasteiger partial charge in [-0.25, -0.2) is 0 Å². The van der Waals surface area contributed by atoms with Gasteiger partial charge in [0.2, 0.25) is 0 Å². The number of hydrogen-bond donors (Lipinski definition) is 0. The smallest absolute Gasteiger partial charge is 0.0139 e. The number of rotatable bonds is 3. The summed E-state index contributed by atoms with van der Waals surface area (Å²) in [5.41, 5.74) is 2.88. The summed E-state index contributed by atoms with van der Waals surface area (Å²) in [7, 11) is 0. The zero-order valence-corrected chi connectivity index (χ0v) is 7.57. The molecule has 0 fully saturated rings. The summed E-state index contributed by atoms with van der Waals surface area (Å²) in [5.74, 6) is 0. The van der Waals surface area contributed by atoms with Crippen molar-refractivity contribution in [3.8, 4) is 0 Å². The van der Waals surface area contributed by atoms with Crippen LogP contribution in [0.1, 0.15) is 40.5 Å². The van der Waals surface area contributed by atoms with Gasteiger partial charge in [0.05, 0.1) is 0 Å². The average Bonchev–Trinajstić information content (AvgIpc) is 1.85. The third-order valence-corrected chi connectivity index (χ3v) is 1.38. The Morgan fingerprint density at radius 1 is 1.10 bits per heavy atom. The van der Waals surface area contributed by atoms with Crippen LogP contribution in [0.2, 0.25) is 0 Å². The lowest BCUT2D eigenvalue weighted by molar-refractivity contribution is 1.11. The monoisotopic (exact) mass is 138 g/mol. The largest absolute Gasteiger partial charge is 0.0856 e. The maximum atomic E-state index is 2.28. The molecule has 0 nitrogen and oxygen atoms in total. The van der Waals surface area contributed by atoms with Crippen LogP contribution < -0.4 is 0 Å². The quantitative estimate of drug-likeness (QED) is 0.522. The highest BCUT2D eigenvalue weighted by molar-refractivity contribution is 5.07. The Labute approximate surface area is 64.6 Å². The minimum atomic E-state index is 1.12. The van der Waals surface area contributed by atoms with Crippen molar-refractivity contribution in [1.29, 1.82) is 0 Å². The van der Waals surface area contributed by atoms with E-state index in [-0.39, 0.29) is 0 Å². The van der Waals surface area contributed by atoms with Crippen LogP contribution in [0.15, 0.2) is 23.3 Å². The fourth-order valence-corrected chi connectivity index (χ4v) is 0.797. The highest BCUT2D eigenvalue weighted by atomic mass is 13.9. The van der Waals surface area contributed by atoms with Crippen LogP contribution >= 0.6 is 0 Å². The topological polar surface area (TPSA) is 0 Å². The van der Waals surface area contributed by atoms with Gasteiger partial charge in [0.15, 0.2) is 0 Å². The molecule has 10 heavy (non-hydrogen) atoms. The molecule has 0 aliphatic rings. The van der Waals surface area contributed by atoms with Crippen molar-refractivity contribution < 1.29 is 0 Å². The van der Waals surface area contributed by atoms with Crippen LogP contribution in [0.5, 0.6) is 0 Å². The van der Waals surface area contributed by atoms with Crippen LogP contribution in [0.25, 0.3) is 0 Å². The lowest BCUT2D eigenvalue weighted by Crippen LogP contribution is -1.73. The van der Waals surface area contributed by atoms with Crippen molar-refractivity contribution in [2.24, 2.45) is 0 Å². The predicted octanol–water partition coefficient (Wildman–Crippen LogP) is 3.70. The molecule has 0 saturated carbocycles. The summed E-state index contributed by atoms with van der Waals surface area (Å²) >= 11 is 0. The average molecular weight is 138 g/mol. The van der Waals surface area contributed by atoms with E-state index in [1.165, 1.54) is 11.1 Å². The molecule has 0 bridgehead atoms. The number of hydrogen-bond acceptors (Lipinski definition) is 0. The van der Waals surface area contributed by atoms with E-state index in [4.69, 9.17) is 0 Å². The maximum absolute atomic E-state index is 2.28. The molecule has 0 aliphatic carbocycles. The molecule has 0 saturated heterocycles. The van der Waals surface area contributed by atoms with Crippen molar-refractivity contribution >= 4 is 0 Å². The summed E-state index contributed by atoms with van der Waals surface area (Å²) in [4.78, 5) is 0. The van der Waals surface area contributed by atoms with Crippen molar-refractivity contribution in [3.63, 3.8) is 0 Å². The summed E-state index contributed by atoms with van der Waals surface area (Å²) in [6.45, 7) is 8.63. The van der Waals surface area contributed by atoms with Crippen LogP contribution in [0.3, 0.4) is 0 Å². The third kappa shape index (κ3) is 5.61. The van der Waals surface area contributed by atoms with E-state index < -0.39 is 0 Å². The van der Waals surface area contributed by atoms with E-state index in [0.29, 0.717) is 0 Å². The Kier molecular flexibility index (Phi) is 5.00. The Bertz CT molecular complexity index is 134. The zero-order valence-electron chi connectivity index (χ0n) is 7.57. The molecule has 0 amide bonds. The highest BCUT2D eigenvalue weighted by Crippen LogP contribution is 2.04. The molecule has 0 rings (SSSR count). The van der Waals surface area contributed by atoms with Crippen molar-refractivity contribution in [2.45, 2.75) is 40.5 Å². The Balaban J connectivity index is 3.69. The zero-order chi connectivity index (χ0) is 7.98. The second-order valence-corrected chi connectivity index (χ2v) is 2.94. The Morgan fingerprint density at radius 2 is 1.70 bits per heavy atom. The molecule has 0 unspecified atom stereocenters. The molecule has 0 spiro atoms. The molecule has 0 heteroatoms. The first kappa shape index (κ1) is 9.48. The van der Waals surface area contributed by atoms with Gasteiger partial charge in [-0.05, 0) is 33.6 Å². The molecule has 0 aromatic rings. The van der Waals surface area contributed by atoms with E-state index in [0.717, 1.165) is 12.8 Å². The lowest BCUT2D eigenvalue weighted by Gasteiger charge is -1.94. The van der Waals surface area contributed by atoms with Gasteiger partial charge in [-0.1, -0.05) is 30.2 Å². The second-order valence-electron chi connectivity index (χ2n) is 2.94. The summed E-state index contributed by atoms with van der Waals surface area (Å²) in [6, 6.07) is 0. The Morgan fingerprint density at radius 3 is 2.10 bits per heavy atom. The van der Waals surface area contributed by atoms with Gasteiger partial charge < -0.3 is 0 Å². The summed E-state index contributed by atoms with van der Waals surface area (Å²) < 4.78 is 0. The van der Waals surface area contributed by atoms with Crippen LogP contribution in [-0.2, 0) is 0 Å². The molecule has 0 aromatic carbocycles. The Hall–Kier alpha value is -0.520. The SMILES string of the molecule is CCC=C(C)CC=C(C)C. The fourth-order valence-electron chi connectivity index (χ4n) is 0.797. The minimum absolute atomic E-state index is 1.12. The van der Waals surface area contributed by atoms with Crippen molar-refractivity contribution in [3.05, 3.63) is 23.3 Å². The van der Waals surface area contributed by atoms with Gasteiger partial charge in [0, 0.05) is 0 Å². The molecular formula is C10H18. The van der Waals surface area contributed by atoms with E-state index in [1.54, 1.807) is 0 Å². The molecule has 0 heterocycles. The molecule has 0 aliphatic heterocycles. The third-order valence-electron chi connectivity index (χ3n) is 1.38. The van der Waals surface area contributed by atoms with E-state index in [2.05, 4.69) is 39.8 Å². The van der Waals surface area contributed by atoms with Crippen LogP contribution in [0, 0.1) is 0 Å². The second kappa shape index (κ2) is 5.28. The van der Waals surface area contributed by atoms with Crippen molar-refractivity contribution in [2.75, 3.05) is 0 Å². The van der Waals surface area contributed by atoms with E-state index in [9.17, 15) is 0 Å². The lowest BCUT2D eigenvalue weighted by atomic mass is 10.1. The number of allylic oxidation sites excluding steroid dienone is 4. The van der Waals surface area contributed by atoms with Gasteiger partial charge in [-0.15, -0.1) is 0 Å². The first-order valence-corrected chi connectivity index (χ1v) is 3.95. The maximum Gasteiger partial charge on any atom is -0.0139 e. The minimum Gasteiger partial charge on any atom is -0.0856 e. The standard InChI is InChI=1S/C10H18/c1-5-6-10(4)8-7-9(2)3/h6-7H,5,8H2,1-4H3. The molecule has 0 N–H and O–H groups in total. The normalized spacial score (nSPS) is 11.4. The molecule has 0 radical (unpaired) electrons. The van der Waals surface area contributed by atoms with Gasteiger partial charge in [-0.3, -0.25) is 0 Å². The van der Waals surface area contributed by atoms with Gasteiger partial charge in [0.25, 0.3) is 0 Å². The first-order chi connectivity index (χ1) is 4.66. The first-order valence-electron chi connectivity index (χ1n) is 3.95. The van der Waals surface area contributed by atoms with E-state index in [1.807, 2.05) is 0 Å². The van der Waals surface area contributed by atoms with E-state index >= 15 is 0 Å². The van der Waals surface area contributed by atoms with Gasteiger partial charge in [-0.2, -0.15) is 0 Å². The molecule has 0 atom stereocenters. The summed E-state index contributed by atoms with van der Waals surface area (Å²) in [5, 5.41) is 0. The van der Waals surface area contributed by atoms with Crippen molar-refractivity contribution in [1.82, 2.24) is 0 Å². The molecule has 58 valence electrons. The van der Waals surface area contributed by atoms with Crippen LogP contribution in [0.4, 0.5) is 0 Å². The summed E-state index contributed by atoms with van der Waals surface area (Å²) in [6.07, 6.45) is 6.82. The highest BCUT2D eigenvalue weighted by Gasteiger charge is 1.83. The van der Waals surface area contributed by atoms with Gasteiger partial charge >= 0.3 is 0 Å².